The van der Waals surface area contributed by atoms with Crippen molar-refractivity contribution in [3.8, 4) is 11.5 Å². The van der Waals surface area contributed by atoms with Gasteiger partial charge in [-0.1, -0.05) is 17.7 Å². The van der Waals surface area contributed by atoms with Gasteiger partial charge in [-0.15, -0.1) is 0 Å². The Bertz CT molecular complexity index is 1310. The van der Waals surface area contributed by atoms with Gasteiger partial charge in [-0.3, -0.25) is 9.52 Å². The maximum Gasteiger partial charge on any atom is 0.261 e. The first-order chi connectivity index (χ1) is 15.2. The van der Waals surface area contributed by atoms with E-state index in [4.69, 9.17) is 21.1 Å². The third-order valence-corrected chi connectivity index (χ3v) is 6.76. The third kappa shape index (κ3) is 4.66. The highest BCUT2D eigenvalue weighted by atomic mass is 35.5. The normalized spacial score (nSPS) is 12.8. The summed E-state index contributed by atoms with van der Waals surface area (Å²) in [6.07, 6.45) is 0. The number of halogens is 1. The average molecular weight is 473 g/mol. The number of amides is 1. The van der Waals surface area contributed by atoms with Gasteiger partial charge in [0, 0.05) is 17.4 Å². The van der Waals surface area contributed by atoms with Crippen LogP contribution in [-0.2, 0) is 10.0 Å². The fraction of sp³-hybridized carbons (Fsp3) is 0.174. The summed E-state index contributed by atoms with van der Waals surface area (Å²) < 4.78 is 39.3. The predicted octanol–water partition coefficient (Wildman–Crippen LogP) is 4.78. The number of anilines is 2. The lowest BCUT2D eigenvalue weighted by Crippen LogP contribution is -2.17. The zero-order valence-electron chi connectivity index (χ0n) is 17.4. The molecule has 0 unspecified atom stereocenters. The molecule has 1 heterocycles. The topological polar surface area (TPSA) is 93.7 Å². The second-order valence-electron chi connectivity index (χ2n) is 7.36. The minimum absolute atomic E-state index is 0.0320. The number of aryl methyl sites for hydroxylation is 2. The van der Waals surface area contributed by atoms with Gasteiger partial charge in [0.05, 0.1) is 15.5 Å². The quantitative estimate of drug-likeness (QED) is 0.557. The molecule has 166 valence electrons. The van der Waals surface area contributed by atoms with Gasteiger partial charge in [-0.25, -0.2) is 8.42 Å². The summed E-state index contributed by atoms with van der Waals surface area (Å²) in [5.74, 6) is 0.571. The largest absolute Gasteiger partial charge is 0.486 e. The molecule has 1 aliphatic rings. The van der Waals surface area contributed by atoms with Gasteiger partial charge in [-0.05, 0) is 67.4 Å². The third-order valence-electron chi connectivity index (χ3n) is 5.05. The van der Waals surface area contributed by atoms with E-state index in [1.165, 1.54) is 18.2 Å². The van der Waals surface area contributed by atoms with Crippen molar-refractivity contribution in [2.45, 2.75) is 18.7 Å². The smallest absolute Gasteiger partial charge is 0.261 e. The monoisotopic (exact) mass is 472 g/mol. The Balaban J connectivity index is 1.57. The summed E-state index contributed by atoms with van der Waals surface area (Å²) in [6.45, 7) is 4.73. The van der Waals surface area contributed by atoms with E-state index < -0.39 is 15.9 Å². The maximum atomic E-state index is 12.9. The molecule has 2 N–H and O–H groups in total. The molecule has 1 amide bonds. The average Bonchev–Trinajstić information content (AvgIpc) is 2.76. The highest BCUT2D eigenvalue weighted by Gasteiger charge is 2.20. The number of rotatable bonds is 5. The first kappa shape index (κ1) is 22.0. The number of carbonyl (C=O) groups is 1. The van der Waals surface area contributed by atoms with Crippen LogP contribution in [0.4, 0.5) is 11.4 Å². The molecule has 32 heavy (non-hydrogen) atoms. The van der Waals surface area contributed by atoms with E-state index in [0.29, 0.717) is 36.1 Å². The maximum absolute atomic E-state index is 12.9. The van der Waals surface area contributed by atoms with E-state index in [0.717, 1.165) is 11.1 Å². The molecule has 3 aromatic rings. The Hall–Kier alpha value is -3.23. The molecule has 0 spiro atoms. The molecule has 3 aromatic carbocycles. The van der Waals surface area contributed by atoms with Crippen molar-refractivity contribution in [1.82, 2.24) is 0 Å². The van der Waals surface area contributed by atoms with Crippen LogP contribution in [0.3, 0.4) is 0 Å². The first-order valence-corrected chi connectivity index (χ1v) is 11.7. The molecular formula is C23H21ClN2O5S. The van der Waals surface area contributed by atoms with Gasteiger partial charge in [0.25, 0.3) is 15.9 Å². The fourth-order valence-electron chi connectivity index (χ4n) is 3.18. The number of fused-ring (bicyclic) bond motifs is 1. The summed E-state index contributed by atoms with van der Waals surface area (Å²) in [4.78, 5) is 12.8. The highest BCUT2D eigenvalue weighted by Crippen LogP contribution is 2.33. The molecule has 0 atom stereocenters. The molecule has 0 saturated heterocycles. The summed E-state index contributed by atoms with van der Waals surface area (Å²) in [5, 5.41) is 2.85. The Kier molecular flexibility index (Phi) is 5.99. The lowest BCUT2D eigenvalue weighted by Gasteiger charge is -2.19. The van der Waals surface area contributed by atoms with E-state index in [1.807, 2.05) is 19.9 Å². The molecule has 0 aromatic heterocycles. The van der Waals surface area contributed by atoms with Crippen LogP contribution in [-0.4, -0.2) is 27.5 Å². The van der Waals surface area contributed by atoms with Crippen molar-refractivity contribution < 1.29 is 22.7 Å². The van der Waals surface area contributed by atoms with Crippen molar-refractivity contribution >= 4 is 38.9 Å². The molecule has 9 heteroatoms. The minimum atomic E-state index is -3.93. The second-order valence-corrected chi connectivity index (χ2v) is 9.45. The van der Waals surface area contributed by atoms with Crippen molar-refractivity contribution in [2.24, 2.45) is 0 Å². The van der Waals surface area contributed by atoms with E-state index in [1.54, 1.807) is 30.3 Å². The van der Waals surface area contributed by atoms with Crippen LogP contribution in [0, 0.1) is 13.8 Å². The number of nitrogens with one attached hydrogen (secondary N) is 2. The highest BCUT2D eigenvalue weighted by molar-refractivity contribution is 7.92. The molecule has 4 rings (SSSR count). The van der Waals surface area contributed by atoms with Crippen LogP contribution in [0.2, 0.25) is 5.02 Å². The number of carbonyl (C=O) groups excluding carboxylic acids is 1. The molecule has 0 bridgehead atoms. The summed E-state index contributed by atoms with van der Waals surface area (Å²) in [6, 6.07) is 14.3. The number of sulfonamides is 1. The van der Waals surface area contributed by atoms with Crippen molar-refractivity contribution in [2.75, 3.05) is 23.3 Å². The van der Waals surface area contributed by atoms with Crippen molar-refractivity contribution in [3.63, 3.8) is 0 Å². The molecule has 0 radical (unpaired) electrons. The molecule has 1 aliphatic heterocycles. The van der Waals surface area contributed by atoms with Crippen LogP contribution < -0.4 is 19.5 Å². The zero-order valence-corrected chi connectivity index (χ0v) is 19.0. The lowest BCUT2D eigenvalue weighted by molar-refractivity contribution is 0.102. The van der Waals surface area contributed by atoms with Crippen LogP contribution >= 0.6 is 11.6 Å². The standard InChI is InChI=1S/C23H21ClN2O5S/c1-14-3-4-17(11-15(14)2)26-32(28,29)18-6-7-20(24)19(13-18)23(27)25-16-5-8-21-22(12-16)31-10-9-30-21/h3-8,11-13,26H,9-10H2,1-2H3,(H,25,27). The molecule has 0 saturated carbocycles. The Morgan fingerprint density at radius 3 is 2.34 bits per heavy atom. The molecular weight excluding hydrogens is 452 g/mol. The van der Waals surface area contributed by atoms with E-state index >= 15 is 0 Å². The van der Waals surface area contributed by atoms with Crippen LogP contribution in [0.25, 0.3) is 0 Å². The molecule has 7 nitrogen and oxygen atoms in total. The number of hydrogen-bond donors (Lipinski definition) is 2. The number of ether oxygens (including phenoxy) is 2. The second kappa shape index (κ2) is 8.72. The fourth-order valence-corrected chi connectivity index (χ4v) is 4.46. The van der Waals surface area contributed by atoms with Gasteiger partial charge in [-0.2, -0.15) is 0 Å². The van der Waals surface area contributed by atoms with Crippen molar-refractivity contribution in [3.05, 3.63) is 76.3 Å². The van der Waals surface area contributed by atoms with Gasteiger partial charge in [0.15, 0.2) is 11.5 Å². The Morgan fingerprint density at radius 2 is 1.59 bits per heavy atom. The Morgan fingerprint density at radius 1 is 0.875 bits per heavy atom. The first-order valence-electron chi connectivity index (χ1n) is 9.83. The van der Waals surface area contributed by atoms with E-state index in [-0.39, 0.29) is 15.5 Å². The van der Waals surface area contributed by atoms with E-state index in [9.17, 15) is 13.2 Å². The van der Waals surface area contributed by atoms with E-state index in [2.05, 4.69) is 10.0 Å². The summed E-state index contributed by atoms with van der Waals surface area (Å²) in [7, 11) is -3.93. The van der Waals surface area contributed by atoms with Gasteiger partial charge < -0.3 is 14.8 Å². The summed E-state index contributed by atoms with van der Waals surface area (Å²) in [5.41, 5.74) is 2.95. The number of hydrogen-bond acceptors (Lipinski definition) is 5. The lowest BCUT2D eigenvalue weighted by atomic mass is 10.1. The van der Waals surface area contributed by atoms with Gasteiger partial charge in [0.2, 0.25) is 0 Å². The zero-order chi connectivity index (χ0) is 22.9. The van der Waals surface area contributed by atoms with Gasteiger partial charge >= 0.3 is 0 Å². The van der Waals surface area contributed by atoms with Crippen LogP contribution in [0.1, 0.15) is 21.5 Å². The minimum Gasteiger partial charge on any atom is -0.486 e. The van der Waals surface area contributed by atoms with Crippen LogP contribution in [0.5, 0.6) is 11.5 Å². The number of benzene rings is 3. The van der Waals surface area contributed by atoms with Gasteiger partial charge in [0.1, 0.15) is 13.2 Å². The SMILES string of the molecule is Cc1ccc(NS(=O)(=O)c2ccc(Cl)c(C(=O)Nc3ccc4c(c3)OCCO4)c2)cc1C. The van der Waals surface area contributed by atoms with Crippen LogP contribution in [0.15, 0.2) is 59.5 Å². The molecule has 0 aliphatic carbocycles. The summed E-state index contributed by atoms with van der Waals surface area (Å²) >= 11 is 6.20. The predicted molar refractivity (Wildman–Crippen MR) is 124 cm³/mol. The molecule has 0 fully saturated rings. The van der Waals surface area contributed by atoms with Crippen molar-refractivity contribution in [1.29, 1.82) is 0 Å². The Labute approximate surface area is 191 Å².